The molecule has 0 aliphatic rings. The van der Waals surface area contributed by atoms with E-state index in [0.717, 1.165) is 48.7 Å². The van der Waals surface area contributed by atoms with Gasteiger partial charge in [-0.05, 0) is 55.2 Å². The summed E-state index contributed by atoms with van der Waals surface area (Å²) in [5.41, 5.74) is 1.89. The third-order valence-electron chi connectivity index (χ3n) is 6.21. The summed E-state index contributed by atoms with van der Waals surface area (Å²) in [6, 6.07) is 15.6. The summed E-state index contributed by atoms with van der Waals surface area (Å²) < 4.78 is 17.3. The number of ether oxygens (including phenoxy) is 3. The second kappa shape index (κ2) is 17.9. The number of benzene rings is 2. The van der Waals surface area contributed by atoms with Gasteiger partial charge in [0, 0.05) is 0 Å². The molecule has 0 spiro atoms. The highest BCUT2D eigenvalue weighted by Crippen LogP contribution is 2.22. The van der Waals surface area contributed by atoms with Crippen LogP contribution in [0.15, 0.2) is 48.5 Å². The maximum absolute atomic E-state index is 12.4. The number of hydrogen-bond donors (Lipinski definition) is 0. The van der Waals surface area contributed by atoms with Gasteiger partial charge in [0.2, 0.25) is 0 Å². The molecule has 2 aromatic rings. The van der Waals surface area contributed by atoms with Crippen molar-refractivity contribution in [3.63, 3.8) is 0 Å². The van der Waals surface area contributed by atoms with E-state index in [1.807, 2.05) is 55.5 Å². The van der Waals surface area contributed by atoms with Crippen LogP contribution in [0.1, 0.15) is 109 Å². The van der Waals surface area contributed by atoms with Gasteiger partial charge in [-0.1, -0.05) is 95.9 Å². The van der Waals surface area contributed by atoms with Crippen LogP contribution < -0.4 is 9.47 Å². The molecule has 0 saturated carbocycles. The standard InChI is InChI=1S/C31H46O4/c1-4-6-8-9-10-11-12-14-24-34-30-21-17-28(18-22-30)26(3)35-31(32)25-27-15-19-29(20-16-27)33-23-13-7-5-2/h15-22,26H,4-14,23-25H2,1-3H3. The fraction of sp³-hybridized carbons (Fsp3) is 0.581. The Kier molecular flexibility index (Phi) is 14.7. The fourth-order valence-corrected chi connectivity index (χ4v) is 3.98. The molecular formula is C31H46O4. The van der Waals surface area contributed by atoms with Gasteiger partial charge in [-0.2, -0.15) is 0 Å². The monoisotopic (exact) mass is 482 g/mol. The first kappa shape index (κ1) is 28.7. The molecule has 0 saturated heterocycles. The third-order valence-corrected chi connectivity index (χ3v) is 6.21. The van der Waals surface area contributed by atoms with Gasteiger partial charge >= 0.3 is 5.97 Å². The van der Waals surface area contributed by atoms with E-state index >= 15 is 0 Å². The third kappa shape index (κ3) is 12.7. The molecule has 0 bridgehead atoms. The number of carbonyl (C=O) groups excluding carboxylic acids is 1. The zero-order valence-corrected chi connectivity index (χ0v) is 22.2. The largest absolute Gasteiger partial charge is 0.494 e. The Bertz CT molecular complexity index is 798. The Morgan fingerprint density at radius 3 is 1.69 bits per heavy atom. The van der Waals surface area contributed by atoms with Crippen molar-refractivity contribution >= 4 is 5.97 Å². The van der Waals surface area contributed by atoms with Crippen molar-refractivity contribution in [2.45, 2.75) is 104 Å². The molecule has 2 rings (SSSR count). The van der Waals surface area contributed by atoms with E-state index in [9.17, 15) is 4.79 Å². The molecule has 1 unspecified atom stereocenters. The first-order chi connectivity index (χ1) is 17.1. The lowest BCUT2D eigenvalue weighted by Gasteiger charge is -2.15. The van der Waals surface area contributed by atoms with Crippen LogP contribution in [0, 0.1) is 0 Å². The van der Waals surface area contributed by atoms with Crippen LogP contribution >= 0.6 is 0 Å². The van der Waals surface area contributed by atoms with Crippen molar-refractivity contribution in [1.82, 2.24) is 0 Å². The lowest BCUT2D eigenvalue weighted by Crippen LogP contribution is -2.11. The molecule has 0 aliphatic carbocycles. The summed E-state index contributed by atoms with van der Waals surface area (Å²) in [6.45, 7) is 7.82. The molecule has 0 N–H and O–H groups in total. The highest BCUT2D eigenvalue weighted by Gasteiger charge is 2.13. The summed E-state index contributed by atoms with van der Waals surface area (Å²) in [5.74, 6) is 1.48. The Morgan fingerprint density at radius 2 is 1.11 bits per heavy atom. The molecule has 2 aromatic carbocycles. The van der Waals surface area contributed by atoms with Crippen molar-refractivity contribution < 1.29 is 19.0 Å². The molecule has 0 aliphatic heterocycles. The molecule has 4 heteroatoms. The van der Waals surface area contributed by atoms with E-state index in [1.165, 1.54) is 57.8 Å². The van der Waals surface area contributed by atoms with Crippen LogP contribution in [0.4, 0.5) is 0 Å². The number of rotatable bonds is 19. The maximum Gasteiger partial charge on any atom is 0.310 e. The van der Waals surface area contributed by atoms with Crippen LogP contribution in [0.3, 0.4) is 0 Å². The van der Waals surface area contributed by atoms with Gasteiger partial charge in [0.25, 0.3) is 0 Å². The second-order valence-corrected chi connectivity index (χ2v) is 9.40. The van der Waals surface area contributed by atoms with Crippen molar-refractivity contribution in [3.8, 4) is 11.5 Å². The maximum atomic E-state index is 12.4. The minimum Gasteiger partial charge on any atom is -0.494 e. The van der Waals surface area contributed by atoms with Crippen LogP contribution in [-0.2, 0) is 16.0 Å². The van der Waals surface area contributed by atoms with Gasteiger partial charge in [0.15, 0.2) is 0 Å². The van der Waals surface area contributed by atoms with Crippen molar-refractivity contribution in [3.05, 3.63) is 59.7 Å². The van der Waals surface area contributed by atoms with Gasteiger partial charge < -0.3 is 14.2 Å². The normalized spacial score (nSPS) is 11.7. The summed E-state index contributed by atoms with van der Waals surface area (Å²) >= 11 is 0. The quantitative estimate of drug-likeness (QED) is 0.148. The van der Waals surface area contributed by atoms with Crippen molar-refractivity contribution in [2.24, 2.45) is 0 Å². The van der Waals surface area contributed by atoms with Gasteiger partial charge in [0.05, 0.1) is 19.6 Å². The van der Waals surface area contributed by atoms with E-state index in [2.05, 4.69) is 13.8 Å². The average molecular weight is 483 g/mol. The lowest BCUT2D eigenvalue weighted by atomic mass is 10.1. The van der Waals surface area contributed by atoms with Crippen LogP contribution in [0.25, 0.3) is 0 Å². The number of esters is 1. The molecule has 35 heavy (non-hydrogen) atoms. The topological polar surface area (TPSA) is 44.8 Å². The molecule has 0 aromatic heterocycles. The smallest absolute Gasteiger partial charge is 0.310 e. The van der Waals surface area contributed by atoms with Crippen LogP contribution in [0.2, 0.25) is 0 Å². The minimum absolute atomic E-state index is 0.232. The molecule has 0 fully saturated rings. The molecule has 0 heterocycles. The summed E-state index contributed by atoms with van der Waals surface area (Å²) in [4.78, 5) is 12.4. The van der Waals surface area contributed by atoms with Gasteiger partial charge in [0.1, 0.15) is 17.6 Å². The van der Waals surface area contributed by atoms with Crippen LogP contribution in [-0.4, -0.2) is 19.2 Å². The first-order valence-corrected chi connectivity index (χ1v) is 13.8. The Labute approximate surface area is 213 Å². The van der Waals surface area contributed by atoms with Gasteiger partial charge in [-0.3, -0.25) is 4.79 Å². The highest BCUT2D eigenvalue weighted by molar-refractivity contribution is 5.73. The number of hydrogen-bond acceptors (Lipinski definition) is 4. The predicted octanol–water partition coefficient (Wildman–Crippen LogP) is 8.62. The van der Waals surface area contributed by atoms with E-state index in [0.29, 0.717) is 0 Å². The Morgan fingerprint density at radius 1 is 0.657 bits per heavy atom. The first-order valence-electron chi connectivity index (χ1n) is 13.8. The van der Waals surface area contributed by atoms with E-state index in [1.54, 1.807) is 0 Å². The zero-order chi connectivity index (χ0) is 25.1. The zero-order valence-electron chi connectivity index (χ0n) is 22.2. The molecule has 1 atom stereocenters. The van der Waals surface area contributed by atoms with Crippen molar-refractivity contribution in [2.75, 3.05) is 13.2 Å². The van der Waals surface area contributed by atoms with Crippen molar-refractivity contribution in [1.29, 1.82) is 0 Å². The lowest BCUT2D eigenvalue weighted by molar-refractivity contribution is -0.147. The number of carbonyl (C=O) groups is 1. The van der Waals surface area contributed by atoms with E-state index < -0.39 is 0 Å². The van der Waals surface area contributed by atoms with E-state index in [-0.39, 0.29) is 18.5 Å². The van der Waals surface area contributed by atoms with Gasteiger partial charge in [-0.15, -0.1) is 0 Å². The molecule has 4 nitrogen and oxygen atoms in total. The SMILES string of the molecule is CCCCCCCCCCOc1ccc(C(C)OC(=O)Cc2ccc(OCCCCC)cc2)cc1. The fourth-order valence-electron chi connectivity index (χ4n) is 3.98. The molecule has 194 valence electrons. The summed E-state index contributed by atoms with van der Waals surface area (Å²) in [6.07, 6.45) is 13.7. The van der Waals surface area contributed by atoms with E-state index in [4.69, 9.17) is 14.2 Å². The second-order valence-electron chi connectivity index (χ2n) is 9.40. The Balaban J connectivity index is 1.64. The highest BCUT2D eigenvalue weighted by atomic mass is 16.5. The predicted molar refractivity (Wildman–Crippen MR) is 144 cm³/mol. The summed E-state index contributed by atoms with van der Waals surface area (Å²) in [7, 11) is 0. The summed E-state index contributed by atoms with van der Waals surface area (Å²) in [5, 5.41) is 0. The van der Waals surface area contributed by atoms with Gasteiger partial charge in [-0.25, -0.2) is 0 Å². The average Bonchev–Trinajstić information content (AvgIpc) is 2.87. The number of unbranched alkanes of at least 4 members (excludes halogenated alkanes) is 9. The molecular weight excluding hydrogens is 436 g/mol. The molecule has 0 amide bonds. The van der Waals surface area contributed by atoms with Crippen LogP contribution in [0.5, 0.6) is 11.5 Å². The minimum atomic E-state index is -0.301. The molecule has 0 radical (unpaired) electrons. The Hall–Kier alpha value is -2.49.